The molecule has 0 aliphatic rings. The lowest BCUT2D eigenvalue weighted by Crippen LogP contribution is -2.07. The zero-order valence-electron chi connectivity index (χ0n) is 9.74. The smallest absolute Gasteiger partial charge is 0.305 e. The molecule has 17 heavy (non-hydrogen) atoms. The Morgan fingerprint density at radius 1 is 1.12 bits per heavy atom. The number of isocyanates is 1. The van der Waals surface area contributed by atoms with E-state index < -0.39 is 5.91 Å². The largest absolute Gasteiger partial charge is 0.466 e. The van der Waals surface area contributed by atoms with Gasteiger partial charge in [-0.05, 0) is 19.3 Å². The van der Waals surface area contributed by atoms with Crippen molar-refractivity contribution in [2.75, 3.05) is 13.2 Å². The fraction of sp³-hybridized carbons (Fsp3) is 0.727. The summed E-state index contributed by atoms with van der Waals surface area (Å²) in [6.07, 6.45) is 4.58. The monoisotopic (exact) mass is 241 g/mol. The maximum Gasteiger partial charge on any atom is 0.305 e. The van der Waals surface area contributed by atoms with E-state index >= 15 is 0 Å². The maximum absolute atomic E-state index is 11.1. The molecule has 0 aliphatic heterocycles. The molecule has 1 radical (unpaired) electrons. The molecule has 0 unspecified atom stereocenters. The second-order valence-electron chi connectivity index (χ2n) is 3.53. The zero-order chi connectivity index (χ0) is 12.9. The fourth-order valence-corrected chi connectivity index (χ4v) is 1.17. The van der Waals surface area contributed by atoms with Crippen molar-refractivity contribution in [2.45, 2.75) is 38.5 Å². The third-order valence-corrected chi connectivity index (χ3v) is 2.03. The minimum Gasteiger partial charge on any atom is -0.466 e. The molecule has 0 fully saturated rings. The number of hydrogen-bond acceptors (Lipinski definition) is 5. The van der Waals surface area contributed by atoms with E-state index in [1.807, 2.05) is 0 Å². The van der Waals surface area contributed by atoms with E-state index in [0.29, 0.717) is 25.8 Å². The van der Waals surface area contributed by atoms with Crippen LogP contribution in [-0.4, -0.2) is 31.1 Å². The molecule has 0 heterocycles. The normalized spacial score (nSPS) is 9.41. The Morgan fingerprint density at radius 2 is 1.88 bits per heavy atom. The maximum atomic E-state index is 11.1. The number of carbonyl (C=O) groups excluding carboxylic acids is 3. The first-order valence-electron chi connectivity index (χ1n) is 5.60. The van der Waals surface area contributed by atoms with Gasteiger partial charge in [0.15, 0.2) is 0 Å². The number of unbranched alkanes of at least 4 members (excludes halogenated alkanes) is 2. The molecule has 0 saturated carbocycles. The number of aliphatic imine (C=N–C) groups is 1. The van der Waals surface area contributed by atoms with Crippen LogP contribution in [0.15, 0.2) is 4.99 Å². The van der Waals surface area contributed by atoms with Crippen LogP contribution in [0.3, 0.4) is 0 Å². The van der Waals surface area contributed by atoms with E-state index in [0.717, 1.165) is 12.8 Å². The van der Waals surface area contributed by atoms with Gasteiger partial charge in [0.2, 0.25) is 12.0 Å². The van der Waals surface area contributed by atoms with Crippen molar-refractivity contribution < 1.29 is 19.1 Å². The van der Waals surface area contributed by atoms with Gasteiger partial charge in [-0.15, -0.1) is 0 Å². The predicted molar refractivity (Wildman–Crippen MR) is 59.8 cm³/mol. The van der Waals surface area contributed by atoms with Crippen LogP contribution in [0.1, 0.15) is 38.5 Å². The molecule has 0 aromatic rings. The van der Waals surface area contributed by atoms with Gasteiger partial charge in [0.1, 0.15) is 0 Å². The van der Waals surface area contributed by atoms with Crippen LogP contribution in [0, 0.1) is 0 Å². The number of carbonyl (C=O) groups is 2. The topological polar surface area (TPSA) is 96.6 Å². The Labute approximate surface area is 100 Å². The molecule has 0 aromatic heterocycles. The predicted octanol–water partition coefficient (Wildman–Crippen LogP) is 1.02. The van der Waals surface area contributed by atoms with E-state index in [1.54, 1.807) is 0 Å². The molecule has 0 bridgehead atoms. The Morgan fingerprint density at radius 3 is 2.53 bits per heavy atom. The molecule has 0 spiro atoms. The van der Waals surface area contributed by atoms with Gasteiger partial charge in [-0.3, -0.25) is 15.3 Å². The summed E-state index contributed by atoms with van der Waals surface area (Å²) in [5.41, 5.74) is 6.64. The third kappa shape index (κ3) is 12.3. The van der Waals surface area contributed by atoms with E-state index in [1.165, 1.54) is 6.08 Å². The number of nitrogens with zero attached hydrogens (tertiary/aromatic N) is 1. The quantitative estimate of drug-likeness (QED) is 0.247. The average Bonchev–Trinajstić information content (AvgIpc) is 2.29. The molecule has 0 saturated heterocycles. The SMILES string of the molecule is [NH]C(=O)CCCOC(=O)CCCCCN=C=O. The summed E-state index contributed by atoms with van der Waals surface area (Å²) in [5, 5.41) is 0. The van der Waals surface area contributed by atoms with E-state index in [9.17, 15) is 14.4 Å². The fourth-order valence-electron chi connectivity index (χ4n) is 1.17. The molecule has 95 valence electrons. The van der Waals surface area contributed by atoms with E-state index in [-0.39, 0.29) is 19.0 Å². The molecule has 6 nitrogen and oxygen atoms in total. The number of amides is 1. The first kappa shape index (κ1) is 15.3. The lowest BCUT2D eigenvalue weighted by atomic mass is 10.2. The van der Waals surface area contributed by atoms with Crippen LogP contribution < -0.4 is 5.73 Å². The van der Waals surface area contributed by atoms with Gasteiger partial charge >= 0.3 is 5.97 Å². The van der Waals surface area contributed by atoms with Gasteiger partial charge in [-0.25, -0.2) is 9.79 Å². The van der Waals surface area contributed by atoms with Crippen molar-refractivity contribution in [2.24, 2.45) is 4.99 Å². The highest BCUT2D eigenvalue weighted by molar-refractivity contribution is 5.73. The highest BCUT2D eigenvalue weighted by Crippen LogP contribution is 2.02. The van der Waals surface area contributed by atoms with Gasteiger partial charge in [0.05, 0.1) is 13.2 Å². The van der Waals surface area contributed by atoms with Gasteiger partial charge in [0, 0.05) is 12.8 Å². The van der Waals surface area contributed by atoms with Crippen molar-refractivity contribution in [1.82, 2.24) is 5.73 Å². The highest BCUT2D eigenvalue weighted by atomic mass is 16.5. The van der Waals surface area contributed by atoms with Crippen LogP contribution in [0.4, 0.5) is 0 Å². The van der Waals surface area contributed by atoms with Crippen molar-refractivity contribution in [3.63, 3.8) is 0 Å². The van der Waals surface area contributed by atoms with Crippen molar-refractivity contribution in [3.05, 3.63) is 0 Å². The van der Waals surface area contributed by atoms with Gasteiger partial charge < -0.3 is 4.74 Å². The summed E-state index contributed by atoms with van der Waals surface area (Å²) >= 11 is 0. The van der Waals surface area contributed by atoms with Crippen LogP contribution in [0.25, 0.3) is 0 Å². The first-order valence-corrected chi connectivity index (χ1v) is 5.60. The zero-order valence-corrected chi connectivity index (χ0v) is 9.74. The second kappa shape index (κ2) is 10.8. The van der Waals surface area contributed by atoms with Crippen molar-refractivity contribution in [3.8, 4) is 0 Å². The Balaban J connectivity index is 3.28. The molecule has 1 N–H and O–H groups in total. The highest BCUT2D eigenvalue weighted by Gasteiger charge is 2.03. The van der Waals surface area contributed by atoms with Crippen LogP contribution in [0.5, 0.6) is 0 Å². The Bertz CT molecular complexity index is 285. The molecule has 6 heteroatoms. The van der Waals surface area contributed by atoms with Gasteiger partial charge in [0.25, 0.3) is 0 Å². The van der Waals surface area contributed by atoms with Gasteiger partial charge in [-0.2, -0.15) is 0 Å². The lowest BCUT2D eigenvalue weighted by Gasteiger charge is -2.03. The molecule has 0 aromatic carbocycles. The van der Waals surface area contributed by atoms with Crippen LogP contribution in [-0.2, 0) is 19.1 Å². The average molecular weight is 241 g/mol. The minimum atomic E-state index is -0.642. The Hall–Kier alpha value is -1.68. The summed E-state index contributed by atoms with van der Waals surface area (Å²) in [5.74, 6) is -0.932. The van der Waals surface area contributed by atoms with Crippen LogP contribution in [0.2, 0.25) is 0 Å². The summed E-state index contributed by atoms with van der Waals surface area (Å²) in [6.45, 7) is 0.642. The third-order valence-electron chi connectivity index (χ3n) is 2.03. The molecule has 1 amide bonds. The number of ether oxygens (including phenoxy) is 1. The molecule has 0 atom stereocenters. The summed E-state index contributed by atoms with van der Waals surface area (Å²) in [6, 6.07) is 0. The standard InChI is InChI=1S/C11H17N2O4/c12-10(15)5-4-8-17-11(16)6-2-1-3-7-13-9-14/h12H,1-8H2. The number of nitrogens with one attached hydrogen (secondary N) is 1. The van der Waals surface area contributed by atoms with Crippen molar-refractivity contribution in [1.29, 1.82) is 0 Å². The number of rotatable bonds is 10. The molecular formula is C11H17N2O4. The summed E-state index contributed by atoms with van der Waals surface area (Å²) in [7, 11) is 0. The molecule has 0 aliphatic carbocycles. The van der Waals surface area contributed by atoms with Crippen LogP contribution >= 0.6 is 0 Å². The number of esters is 1. The van der Waals surface area contributed by atoms with E-state index in [2.05, 4.69) is 4.99 Å². The Kier molecular flexibility index (Phi) is 9.76. The lowest BCUT2D eigenvalue weighted by molar-refractivity contribution is -0.144. The van der Waals surface area contributed by atoms with Gasteiger partial charge in [-0.1, -0.05) is 6.42 Å². The first-order chi connectivity index (χ1) is 8.16. The summed E-state index contributed by atoms with van der Waals surface area (Å²) in [4.78, 5) is 34.5. The molecule has 0 rings (SSSR count). The molecular weight excluding hydrogens is 224 g/mol. The van der Waals surface area contributed by atoms with E-state index in [4.69, 9.17) is 10.5 Å². The summed E-state index contributed by atoms with van der Waals surface area (Å²) < 4.78 is 4.86. The minimum absolute atomic E-state index is 0.122. The number of hydrogen-bond donors (Lipinski definition) is 0. The second-order valence-corrected chi connectivity index (χ2v) is 3.53. The van der Waals surface area contributed by atoms with Crippen molar-refractivity contribution >= 4 is 18.0 Å².